The first kappa shape index (κ1) is 14.1. The zero-order chi connectivity index (χ0) is 15.1. The monoisotopic (exact) mass is 347 g/mol. The minimum absolute atomic E-state index is 0.159. The fourth-order valence-electron chi connectivity index (χ4n) is 2.55. The van der Waals surface area contributed by atoms with Gasteiger partial charge in [-0.05, 0) is 44.2 Å². The summed E-state index contributed by atoms with van der Waals surface area (Å²) >= 11 is 3.44. The lowest BCUT2D eigenvalue weighted by molar-refractivity contribution is 0.623. The highest BCUT2D eigenvalue weighted by Crippen LogP contribution is 2.32. The molecule has 21 heavy (non-hydrogen) atoms. The van der Waals surface area contributed by atoms with Crippen LogP contribution in [0.5, 0.6) is 0 Å². The van der Waals surface area contributed by atoms with Gasteiger partial charge in [0, 0.05) is 21.8 Å². The van der Waals surface area contributed by atoms with Gasteiger partial charge in [-0.1, -0.05) is 22.0 Å². The lowest BCUT2D eigenvalue weighted by Crippen LogP contribution is -2.03. The molecule has 2 aromatic carbocycles. The minimum Gasteiger partial charge on any atom is -0.399 e. The van der Waals surface area contributed by atoms with Gasteiger partial charge in [-0.15, -0.1) is 0 Å². The lowest BCUT2D eigenvalue weighted by Gasteiger charge is -2.13. The highest BCUT2D eigenvalue weighted by molar-refractivity contribution is 9.10. The standard InChI is InChI=1S/C16H15BrFN3/c1-9(2)21-14-5-3-4-13(18)15(14)20-16(21)10-6-11(17)8-12(19)7-10/h3-9H,19H2,1-2H3. The molecular formula is C16H15BrFN3. The van der Waals surface area contributed by atoms with Crippen molar-refractivity contribution in [2.75, 3.05) is 5.73 Å². The molecule has 0 aliphatic rings. The van der Waals surface area contributed by atoms with Crippen molar-refractivity contribution in [2.24, 2.45) is 0 Å². The van der Waals surface area contributed by atoms with Crippen molar-refractivity contribution in [1.82, 2.24) is 9.55 Å². The van der Waals surface area contributed by atoms with Crippen LogP contribution in [0.3, 0.4) is 0 Å². The Kier molecular flexibility index (Phi) is 3.45. The second-order valence-corrected chi connectivity index (χ2v) is 6.20. The maximum atomic E-state index is 14.0. The van der Waals surface area contributed by atoms with Crippen molar-refractivity contribution in [2.45, 2.75) is 19.9 Å². The quantitative estimate of drug-likeness (QED) is 0.678. The second-order valence-electron chi connectivity index (χ2n) is 5.28. The topological polar surface area (TPSA) is 43.8 Å². The fourth-order valence-corrected chi connectivity index (χ4v) is 3.06. The molecule has 0 bridgehead atoms. The summed E-state index contributed by atoms with van der Waals surface area (Å²) in [5, 5.41) is 0. The number of nitrogens with zero attached hydrogens (tertiary/aromatic N) is 2. The van der Waals surface area contributed by atoms with E-state index in [9.17, 15) is 4.39 Å². The number of rotatable bonds is 2. The molecule has 3 aromatic rings. The average Bonchev–Trinajstić information content (AvgIpc) is 2.78. The Balaban J connectivity index is 2.36. The third kappa shape index (κ3) is 2.42. The van der Waals surface area contributed by atoms with E-state index in [-0.39, 0.29) is 11.9 Å². The molecule has 3 rings (SSSR count). The maximum absolute atomic E-state index is 14.0. The maximum Gasteiger partial charge on any atom is 0.151 e. The molecule has 0 fully saturated rings. The molecule has 0 saturated heterocycles. The first-order chi connectivity index (χ1) is 9.97. The van der Waals surface area contributed by atoms with Crippen LogP contribution in [0, 0.1) is 5.82 Å². The smallest absolute Gasteiger partial charge is 0.151 e. The van der Waals surface area contributed by atoms with Gasteiger partial charge in [0.1, 0.15) is 11.3 Å². The molecule has 0 radical (unpaired) electrons. The molecule has 0 unspecified atom stereocenters. The van der Waals surface area contributed by atoms with Gasteiger partial charge in [-0.25, -0.2) is 9.37 Å². The van der Waals surface area contributed by atoms with Gasteiger partial charge in [0.2, 0.25) is 0 Å². The van der Waals surface area contributed by atoms with E-state index in [1.807, 2.05) is 28.8 Å². The molecule has 108 valence electrons. The molecule has 1 aromatic heterocycles. The van der Waals surface area contributed by atoms with Gasteiger partial charge >= 0.3 is 0 Å². The summed E-state index contributed by atoms with van der Waals surface area (Å²) in [6.45, 7) is 4.10. The predicted molar refractivity (Wildman–Crippen MR) is 87.6 cm³/mol. The molecule has 1 heterocycles. The first-order valence-electron chi connectivity index (χ1n) is 6.70. The number of hydrogen-bond acceptors (Lipinski definition) is 2. The third-order valence-corrected chi connectivity index (χ3v) is 3.82. The minimum atomic E-state index is -0.309. The Morgan fingerprint density at radius 2 is 2.00 bits per heavy atom. The number of benzene rings is 2. The van der Waals surface area contributed by atoms with Crippen LogP contribution in [0.25, 0.3) is 22.4 Å². The zero-order valence-corrected chi connectivity index (χ0v) is 13.4. The van der Waals surface area contributed by atoms with E-state index in [1.165, 1.54) is 6.07 Å². The van der Waals surface area contributed by atoms with E-state index in [0.717, 1.165) is 21.4 Å². The van der Waals surface area contributed by atoms with Gasteiger partial charge in [-0.2, -0.15) is 0 Å². The van der Waals surface area contributed by atoms with Crippen molar-refractivity contribution in [3.05, 3.63) is 46.7 Å². The van der Waals surface area contributed by atoms with Crippen LogP contribution in [0.15, 0.2) is 40.9 Å². The Hall–Kier alpha value is -1.88. The van der Waals surface area contributed by atoms with Crippen LogP contribution in [-0.4, -0.2) is 9.55 Å². The number of para-hydroxylation sites is 1. The summed E-state index contributed by atoms with van der Waals surface area (Å²) in [7, 11) is 0. The lowest BCUT2D eigenvalue weighted by atomic mass is 10.2. The van der Waals surface area contributed by atoms with E-state index in [4.69, 9.17) is 5.73 Å². The van der Waals surface area contributed by atoms with Crippen LogP contribution in [-0.2, 0) is 0 Å². The molecule has 0 amide bonds. The fraction of sp³-hybridized carbons (Fsp3) is 0.188. The first-order valence-corrected chi connectivity index (χ1v) is 7.49. The Labute approximate surface area is 130 Å². The van der Waals surface area contributed by atoms with Crippen molar-refractivity contribution in [3.8, 4) is 11.4 Å². The predicted octanol–water partition coefficient (Wildman–Crippen LogP) is 4.77. The van der Waals surface area contributed by atoms with E-state index in [0.29, 0.717) is 11.2 Å². The van der Waals surface area contributed by atoms with Gasteiger partial charge in [0.15, 0.2) is 5.82 Å². The zero-order valence-electron chi connectivity index (χ0n) is 11.8. The average molecular weight is 348 g/mol. The molecule has 0 atom stereocenters. The Morgan fingerprint density at radius 3 is 2.67 bits per heavy atom. The van der Waals surface area contributed by atoms with Crippen LogP contribution in [0.4, 0.5) is 10.1 Å². The Morgan fingerprint density at radius 1 is 1.24 bits per heavy atom. The van der Waals surface area contributed by atoms with Crippen molar-refractivity contribution >= 4 is 32.7 Å². The number of imidazole rings is 1. The molecule has 0 saturated carbocycles. The number of hydrogen-bond donors (Lipinski definition) is 1. The number of halogens is 2. The normalized spacial score (nSPS) is 11.5. The van der Waals surface area contributed by atoms with Crippen LogP contribution in [0.1, 0.15) is 19.9 Å². The summed E-state index contributed by atoms with van der Waals surface area (Å²) in [6.07, 6.45) is 0. The van der Waals surface area contributed by atoms with E-state index in [1.54, 1.807) is 6.07 Å². The van der Waals surface area contributed by atoms with Gasteiger partial charge in [0.25, 0.3) is 0 Å². The SMILES string of the molecule is CC(C)n1c(-c2cc(N)cc(Br)c2)nc2c(F)cccc21. The van der Waals surface area contributed by atoms with E-state index < -0.39 is 0 Å². The van der Waals surface area contributed by atoms with Gasteiger partial charge in [0.05, 0.1) is 5.52 Å². The van der Waals surface area contributed by atoms with Gasteiger partial charge in [-0.3, -0.25) is 0 Å². The van der Waals surface area contributed by atoms with Crippen molar-refractivity contribution in [3.63, 3.8) is 0 Å². The molecule has 2 N–H and O–H groups in total. The largest absolute Gasteiger partial charge is 0.399 e. The summed E-state index contributed by atoms with van der Waals surface area (Å²) in [5.41, 5.74) is 8.59. The highest BCUT2D eigenvalue weighted by Gasteiger charge is 2.17. The number of nitrogen functional groups attached to an aromatic ring is 1. The van der Waals surface area contributed by atoms with Gasteiger partial charge < -0.3 is 10.3 Å². The van der Waals surface area contributed by atoms with Crippen LogP contribution >= 0.6 is 15.9 Å². The number of fused-ring (bicyclic) bond motifs is 1. The molecule has 0 aliphatic carbocycles. The molecular weight excluding hydrogens is 333 g/mol. The second kappa shape index (κ2) is 5.15. The third-order valence-electron chi connectivity index (χ3n) is 3.37. The summed E-state index contributed by atoms with van der Waals surface area (Å²) in [6, 6.07) is 10.8. The van der Waals surface area contributed by atoms with E-state index >= 15 is 0 Å². The van der Waals surface area contributed by atoms with Crippen molar-refractivity contribution in [1.29, 1.82) is 0 Å². The number of nitrogens with two attached hydrogens (primary N) is 1. The number of anilines is 1. The summed E-state index contributed by atoms with van der Waals surface area (Å²) in [5.74, 6) is 0.411. The Bertz CT molecular complexity index is 803. The summed E-state index contributed by atoms with van der Waals surface area (Å²) < 4.78 is 16.9. The highest BCUT2D eigenvalue weighted by atomic mass is 79.9. The molecule has 5 heteroatoms. The van der Waals surface area contributed by atoms with Crippen LogP contribution < -0.4 is 5.73 Å². The summed E-state index contributed by atoms with van der Waals surface area (Å²) in [4.78, 5) is 4.50. The molecule has 0 aliphatic heterocycles. The van der Waals surface area contributed by atoms with Crippen molar-refractivity contribution < 1.29 is 4.39 Å². The molecule has 3 nitrogen and oxygen atoms in total. The molecule has 0 spiro atoms. The number of aromatic nitrogens is 2. The van der Waals surface area contributed by atoms with Crippen LogP contribution in [0.2, 0.25) is 0 Å². The van der Waals surface area contributed by atoms with E-state index in [2.05, 4.69) is 34.8 Å².